The maximum absolute atomic E-state index is 12.7. The lowest BCUT2D eigenvalue weighted by atomic mass is 10.3. The van der Waals surface area contributed by atoms with Gasteiger partial charge < -0.3 is 9.47 Å². The van der Waals surface area contributed by atoms with E-state index in [0.29, 0.717) is 24.4 Å². The predicted octanol–water partition coefficient (Wildman–Crippen LogP) is 2.70. The Labute approximate surface area is 169 Å². The van der Waals surface area contributed by atoms with E-state index in [2.05, 4.69) is 4.72 Å². The molecule has 0 aliphatic carbocycles. The number of ether oxygens (including phenoxy) is 2. The van der Waals surface area contributed by atoms with Gasteiger partial charge in [-0.25, -0.2) is 16.8 Å². The van der Waals surface area contributed by atoms with Crippen LogP contribution in [0.25, 0.3) is 0 Å². The van der Waals surface area contributed by atoms with Crippen LogP contribution in [0.3, 0.4) is 0 Å². The number of nitrogens with one attached hydrogen (secondary N) is 1. The first-order valence-electron chi connectivity index (χ1n) is 8.23. The van der Waals surface area contributed by atoms with Gasteiger partial charge in [0.15, 0.2) is 11.5 Å². The van der Waals surface area contributed by atoms with Crippen molar-refractivity contribution in [2.45, 2.75) is 11.3 Å². The zero-order valence-corrected chi connectivity index (χ0v) is 17.6. The largest absolute Gasteiger partial charge is 0.493 e. The van der Waals surface area contributed by atoms with Gasteiger partial charge in [0.1, 0.15) is 0 Å². The molecule has 0 spiro atoms. The van der Waals surface area contributed by atoms with Gasteiger partial charge >= 0.3 is 0 Å². The van der Waals surface area contributed by atoms with E-state index in [0.717, 1.165) is 0 Å². The highest BCUT2D eigenvalue weighted by Gasteiger charge is 2.29. The fourth-order valence-electron chi connectivity index (χ4n) is 2.86. The second kappa shape index (κ2) is 7.69. The monoisotopic (exact) mass is 446 g/mol. The van der Waals surface area contributed by atoms with Crippen LogP contribution in [0.4, 0.5) is 11.4 Å². The summed E-state index contributed by atoms with van der Waals surface area (Å²) >= 11 is 6.21. The number of halogens is 1. The lowest BCUT2D eigenvalue weighted by molar-refractivity contribution is 0.354. The first-order valence-corrected chi connectivity index (χ1v) is 11.7. The summed E-state index contributed by atoms with van der Waals surface area (Å²) in [5.74, 6) is 0.750. The summed E-state index contributed by atoms with van der Waals surface area (Å²) in [6, 6.07) is 8.57. The van der Waals surface area contributed by atoms with Gasteiger partial charge in [-0.05, 0) is 36.8 Å². The van der Waals surface area contributed by atoms with Crippen molar-refractivity contribution < 1.29 is 26.3 Å². The van der Waals surface area contributed by atoms with Crippen molar-refractivity contribution >= 4 is 43.0 Å². The molecule has 1 saturated heterocycles. The van der Waals surface area contributed by atoms with Gasteiger partial charge in [-0.3, -0.25) is 9.03 Å². The lowest BCUT2D eigenvalue weighted by Gasteiger charge is -2.18. The standard InChI is InChI=1S/C17H19ClN2O6S2/c1-25-16-7-5-13(11-17(16)26-2)28(23,24)19-15-6-4-12(10-14(15)18)20-8-3-9-27(20,21)22/h4-7,10-11,19H,3,8-9H2,1-2H3. The molecular formula is C17H19ClN2O6S2. The normalized spacial score (nSPS) is 16.0. The third kappa shape index (κ3) is 3.98. The zero-order chi connectivity index (χ0) is 20.5. The van der Waals surface area contributed by atoms with Gasteiger partial charge in [0.25, 0.3) is 10.0 Å². The highest BCUT2D eigenvalue weighted by molar-refractivity contribution is 7.93. The molecule has 1 aliphatic rings. The Morgan fingerprint density at radius 1 is 1.07 bits per heavy atom. The summed E-state index contributed by atoms with van der Waals surface area (Å²) in [4.78, 5) is -0.0348. The van der Waals surface area contributed by atoms with Crippen molar-refractivity contribution in [1.82, 2.24) is 0 Å². The van der Waals surface area contributed by atoms with E-state index in [1.54, 1.807) is 0 Å². The zero-order valence-electron chi connectivity index (χ0n) is 15.2. The van der Waals surface area contributed by atoms with Crippen molar-refractivity contribution in [2.24, 2.45) is 0 Å². The molecule has 152 valence electrons. The molecule has 0 unspecified atom stereocenters. The molecule has 0 atom stereocenters. The van der Waals surface area contributed by atoms with Crippen molar-refractivity contribution in [1.29, 1.82) is 0 Å². The Morgan fingerprint density at radius 2 is 1.79 bits per heavy atom. The smallest absolute Gasteiger partial charge is 0.262 e. The van der Waals surface area contributed by atoms with Gasteiger partial charge in [-0.1, -0.05) is 11.6 Å². The van der Waals surface area contributed by atoms with E-state index < -0.39 is 20.0 Å². The molecule has 0 amide bonds. The third-order valence-corrected chi connectivity index (χ3v) is 7.79. The van der Waals surface area contributed by atoms with E-state index in [1.807, 2.05) is 0 Å². The molecule has 0 saturated carbocycles. The van der Waals surface area contributed by atoms with Crippen LogP contribution < -0.4 is 18.5 Å². The van der Waals surface area contributed by atoms with Gasteiger partial charge in [0.2, 0.25) is 10.0 Å². The molecule has 0 aromatic heterocycles. The van der Waals surface area contributed by atoms with Crippen molar-refractivity contribution in [3.05, 3.63) is 41.4 Å². The number of hydrogen-bond acceptors (Lipinski definition) is 6. The number of benzene rings is 2. The summed E-state index contributed by atoms with van der Waals surface area (Å²) < 4.78 is 63.4. The third-order valence-electron chi connectivity index (χ3n) is 4.25. The molecule has 1 aliphatic heterocycles. The fraction of sp³-hybridized carbons (Fsp3) is 0.294. The second-order valence-electron chi connectivity index (χ2n) is 6.03. The minimum Gasteiger partial charge on any atom is -0.493 e. The molecule has 28 heavy (non-hydrogen) atoms. The first-order chi connectivity index (χ1) is 13.2. The van der Waals surface area contributed by atoms with Gasteiger partial charge in [0.05, 0.1) is 41.3 Å². The molecule has 11 heteroatoms. The second-order valence-corrected chi connectivity index (χ2v) is 10.1. The van der Waals surface area contributed by atoms with E-state index in [-0.39, 0.29) is 27.1 Å². The maximum Gasteiger partial charge on any atom is 0.262 e. The quantitative estimate of drug-likeness (QED) is 0.731. The Bertz CT molecular complexity index is 1100. The number of methoxy groups -OCH3 is 2. The molecule has 3 rings (SSSR count). The van der Waals surface area contributed by atoms with Gasteiger partial charge in [0, 0.05) is 12.6 Å². The molecule has 2 aromatic carbocycles. The van der Waals surface area contributed by atoms with E-state index in [4.69, 9.17) is 21.1 Å². The average molecular weight is 447 g/mol. The van der Waals surface area contributed by atoms with E-state index in [9.17, 15) is 16.8 Å². The van der Waals surface area contributed by atoms with Crippen LogP contribution in [0.15, 0.2) is 41.3 Å². The molecule has 1 N–H and O–H groups in total. The Hall–Kier alpha value is -2.17. The van der Waals surface area contributed by atoms with Crippen LogP contribution >= 0.6 is 11.6 Å². The predicted molar refractivity (Wildman–Crippen MR) is 108 cm³/mol. The Balaban J connectivity index is 1.89. The number of hydrogen-bond donors (Lipinski definition) is 1. The first kappa shape index (κ1) is 20.6. The summed E-state index contributed by atoms with van der Waals surface area (Å²) in [6.07, 6.45) is 0.535. The van der Waals surface area contributed by atoms with Crippen LogP contribution in [0.5, 0.6) is 11.5 Å². The molecule has 1 heterocycles. The summed E-state index contributed by atoms with van der Waals surface area (Å²) in [5.41, 5.74) is 0.536. The Kier molecular flexibility index (Phi) is 5.64. The molecular weight excluding hydrogens is 428 g/mol. The maximum atomic E-state index is 12.7. The van der Waals surface area contributed by atoms with Crippen LogP contribution in [-0.2, 0) is 20.0 Å². The van der Waals surface area contributed by atoms with Crippen molar-refractivity contribution in [3.63, 3.8) is 0 Å². The summed E-state index contributed by atoms with van der Waals surface area (Å²) in [6.45, 7) is 0.370. The fourth-order valence-corrected chi connectivity index (χ4v) is 5.79. The van der Waals surface area contributed by atoms with Gasteiger partial charge in [-0.15, -0.1) is 0 Å². The number of nitrogens with zero attached hydrogens (tertiary/aromatic N) is 1. The van der Waals surface area contributed by atoms with Crippen molar-refractivity contribution in [2.75, 3.05) is 35.5 Å². The summed E-state index contributed by atoms with van der Waals surface area (Å²) in [7, 11) is -4.44. The highest BCUT2D eigenvalue weighted by Crippen LogP contribution is 2.34. The van der Waals surface area contributed by atoms with Gasteiger partial charge in [-0.2, -0.15) is 0 Å². The number of sulfonamides is 2. The lowest BCUT2D eigenvalue weighted by Crippen LogP contribution is -2.25. The van der Waals surface area contributed by atoms with Crippen LogP contribution in [0, 0.1) is 0 Å². The van der Waals surface area contributed by atoms with E-state index in [1.165, 1.54) is 54.9 Å². The molecule has 1 fully saturated rings. The van der Waals surface area contributed by atoms with Crippen LogP contribution in [0.2, 0.25) is 5.02 Å². The number of anilines is 2. The molecule has 8 nitrogen and oxygen atoms in total. The summed E-state index contributed by atoms with van der Waals surface area (Å²) in [5, 5.41) is 0.0867. The highest BCUT2D eigenvalue weighted by atomic mass is 35.5. The number of rotatable bonds is 6. The molecule has 0 radical (unpaired) electrons. The molecule has 2 aromatic rings. The minimum atomic E-state index is -3.95. The minimum absolute atomic E-state index is 0.0348. The van der Waals surface area contributed by atoms with Crippen molar-refractivity contribution in [3.8, 4) is 11.5 Å². The van der Waals surface area contributed by atoms with E-state index >= 15 is 0 Å². The molecule has 0 bridgehead atoms. The van der Waals surface area contributed by atoms with Crippen LogP contribution in [0.1, 0.15) is 6.42 Å². The average Bonchev–Trinajstić information content (AvgIpc) is 3.01. The Morgan fingerprint density at radius 3 is 2.36 bits per heavy atom. The SMILES string of the molecule is COc1ccc(S(=O)(=O)Nc2ccc(N3CCCS3(=O)=O)cc2Cl)cc1OC. The topological polar surface area (TPSA) is 102 Å². The van der Waals surface area contributed by atoms with Crippen LogP contribution in [-0.4, -0.2) is 43.4 Å².